The largest absolute Gasteiger partial charge is 0.494 e. The maximum Gasteiger partial charge on any atom is 0.220 e. The van der Waals surface area contributed by atoms with E-state index >= 15 is 0 Å². The van der Waals surface area contributed by atoms with Crippen molar-refractivity contribution in [2.75, 3.05) is 13.2 Å². The van der Waals surface area contributed by atoms with E-state index in [1.807, 2.05) is 38.1 Å². The first-order chi connectivity index (χ1) is 9.15. The second-order valence-corrected chi connectivity index (χ2v) is 4.62. The second-order valence-electron chi connectivity index (χ2n) is 4.62. The molecular formula is C15H23NO3. The smallest absolute Gasteiger partial charge is 0.220 e. The van der Waals surface area contributed by atoms with Crippen LogP contribution in [0.15, 0.2) is 24.3 Å². The van der Waals surface area contributed by atoms with Gasteiger partial charge < -0.3 is 15.2 Å². The quantitative estimate of drug-likeness (QED) is 0.707. The number of benzene rings is 1. The highest BCUT2D eigenvalue weighted by molar-refractivity contribution is 5.76. The van der Waals surface area contributed by atoms with Crippen molar-refractivity contribution in [1.82, 2.24) is 5.32 Å². The predicted octanol–water partition coefficient (Wildman–Crippen LogP) is 2.04. The lowest BCUT2D eigenvalue weighted by Gasteiger charge is -2.13. The van der Waals surface area contributed by atoms with Gasteiger partial charge in [0.1, 0.15) is 5.75 Å². The molecule has 0 saturated heterocycles. The van der Waals surface area contributed by atoms with Crippen molar-refractivity contribution in [3.8, 4) is 5.75 Å². The summed E-state index contributed by atoms with van der Waals surface area (Å²) in [5.41, 5.74) is 1.16. The summed E-state index contributed by atoms with van der Waals surface area (Å²) in [6, 6.07) is 7.71. The van der Waals surface area contributed by atoms with Crippen LogP contribution in [0.25, 0.3) is 0 Å². The fourth-order valence-corrected chi connectivity index (χ4v) is 1.70. The zero-order valence-corrected chi connectivity index (χ0v) is 11.7. The molecule has 0 fully saturated rings. The summed E-state index contributed by atoms with van der Waals surface area (Å²) in [6.07, 6.45) is 1.83. The standard InChI is InChI=1S/C15H23NO3/c1-3-13(11-17)16-15(18)8-5-9-19-14-7-4-6-12(2)10-14/h4,6-7,10,13,17H,3,5,8-9,11H2,1-2H3,(H,16,18). The van der Waals surface area contributed by atoms with Crippen LogP contribution in [0.5, 0.6) is 5.75 Å². The van der Waals surface area contributed by atoms with Gasteiger partial charge in [-0.1, -0.05) is 19.1 Å². The fourth-order valence-electron chi connectivity index (χ4n) is 1.70. The van der Waals surface area contributed by atoms with E-state index in [0.717, 1.165) is 17.7 Å². The number of aliphatic hydroxyl groups is 1. The van der Waals surface area contributed by atoms with E-state index in [4.69, 9.17) is 9.84 Å². The topological polar surface area (TPSA) is 58.6 Å². The van der Waals surface area contributed by atoms with Gasteiger partial charge in [-0.25, -0.2) is 0 Å². The minimum absolute atomic E-state index is 0.0119. The summed E-state index contributed by atoms with van der Waals surface area (Å²) < 4.78 is 5.57. The van der Waals surface area contributed by atoms with E-state index in [1.165, 1.54) is 0 Å². The van der Waals surface area contributed by atoms with E-state index in [0.29, 0.717) is 19.4 Å². The molecule has 1 atom stereocenters. The number of aliphatic hydroxyl groups excluding tert-OH is 1. The molecule has 0 spiro atoms. The van der Waals surface area contributed by atoms with Crippen molar-refractivity contribution in [2.24, 2.45) is 0 Å². The molecule has 0 bridgehead atoms. The zero-order chi connectivity index (χ0) is 14.1. The van der Waals surface area contributed by atoms with Crippen LogP contribution in [-0.4, -0.2) is 30.3 Å². The average Bonchev–Trinajstić information content (AvgIpc) is 2.41. The Morgan fingerprint density at radius 1 is 1.47 bits per heavy atom. The third-order valence-electron chi connectivity index (χ3n) is 2.88. The molecule has 1 unspecified atom stereocenters. The van der Waals surface area contributed by atoms with Gasteiger partial charge in [-0.05, 0) is 37.5 Å². The number of amides is 1. The molecule has 0 aliphatic heterocycles. The molecule has 0 heterocycles. The Bertz CT molecular complexity index is 389. The molecule has 19 heavy (non-hydrogen) atoms. The van der Waals surface area contributed by atoms with Gasteiger partial charge in [-0.2, -0.15) is 0 Å². The number of aryl methyl sites for hydroxylation is 1. The number of ether oxygens (including phenoxy) is 1. The molecule has 1 rings (SSSR count). The summed E-state index contributed by atoms with van der Waals surface area (Å²) in [5, 5.41) is 11.8. The molecular weight excluding hydrogens is 242 g/mol. The molecule has 0 aliphatic rings. The van der Waals surface area contributed by atoms with Gasteiger partial charge in [0.05, 0.1) is 19.3 Å². The Kier molecular flexibility index (Phi) is 6.97. The van der Waals surface area contributed by atoms with Crippen molar-refractivity contribution in [1.29, 1.82) is 0 Å². The van der Waals surface area contributed by atoms with Crippen molar-refractivity contribution >= 4 is 5.91 Å². The molecule has 1 amide bonds. The van der Waals surface area contributed by atoms with Gasteiger partial charge in [0.2, 0.25) is 5.91 Å². The van der Waals surface area contributed by atoms with E-state index in [2.05, 4.69) is 5.32 Å². The third-order valence-corrected chi connectivity index (χ3v) is 2.88. The van der Waals surface area contributed by atoms with Gasteiger partial charge >= 0.3 is 0 Å². The van der Waals surface area contributed by atoms with Crippen molar-refractivity contribution in [2.45, 2.75) is 39.2 Å². The van der Waals surface area contributed by atoms with Gasteiger partial charge in [0.25, 0.3) is 0 Å². The van der Waals surface area contributed by atoms with E-state index in [1.54, 1.807) is 0 Å². The van der Waals surface area contributed by atoms with Gasteiger partial charge in [-0.15, -0.1) is 0 Å². The molecule has 4 nitrogen and oxygen atoms in total. The van der Waals surface area contributed by atoms with Gasteiger partial charge in [-0.3, -0.25) is 4.79 Å². The van der Waals surface area contributed by atoms with Crippen LogP contribution < -0.4 is 10.1 Å². The number of rotatable bonds is 8. The van der Waals surface area contributed by atoms with Crippen molar-refractivity contribution in [3.05, 3.63) is 29.8 Å². The van der Waals surface area contributed by atoms with E-state index < -0.39 is 0 Å². The highest BCUT2D eigenvalue weighted by Crippen LogP contribution is 2.12. The van der Waals surface area contributed by atoms with Crippen LogP contribution in [0.3, 0.4) is 0 Å². The Morgan fingerprint density at radius 2 is 2.26 bits per heavy atom. The summed E-state index contributed by atoms with van der Waals surface area (Å²) in [5.74, 6) is 0.802. The summed E-state index contributed by atoms with van der Waals surface area (Å²) >= 11 is 0. The van der Waals surface area contributed by atoms with Gasteiger partial charge in [0.15, 0.2) is 0 Å². The summed E-state index contributed by atoms with van der Waals surface area (Å²) in [7, 11) is 0. The monoisotopic (exact) mass is 265 g/mol. The van der Waals surface area contributed by atoms with Crippen LogP contribution in [0.2, 0.25) is 0 Å². The molecule has 0 aromatic heterocycles. The maximum atomic E-state index is 11.6. The van der Waals surface area contributed by atoms with Crippen LogP contribution in [0.4, 0.5) is 0 Å². The minimum atomic E-state index is -0.134. The Hall–Kier alpha value is -1.55. The Balaban J connectivity index is 2.18. The van der Waals surface area contributed by atoms with Crippen LogP contribution in [-0.2, 0) is 4.79 Å². The number of hydrogen-bond donors (Lipinski definition) is 2. The van der Waals surface area contributed by atoms with Crippen LogP contribution >= 0.6 is 0 Å². The lowest BCUT2D eigenvalue weighted by molar-refractivity contribution is -0.122. The Morgan fingerprint density at radius 3 is 2.89 bits per heavy atom. The average molecular weight is 265 g/mol. The van der Waals surface area contributed by atoms with Crippen molar-refractivity contribution < 1.29 is 14.6 Å². The summed E-state index contributed by atoms with van der Waals surface area (Å²) in [4.78, 5) is 11.6. The normalized spacial score (nSPS) is 11.9. The molecule has 2 N–H and O–H groups in total. The number of carbonyl (C=O) groups excluding carboxylic acids is 1. The Labute approximate surface area is 114 Å². The first-order valence-electron chi connectivity index (χ1n) is 6.75. The second kappa shape index (κ2) is 8.53. The lowest BCUT2D eigenvalue weighted by Crippen LogP contribution is -2.36. The first-order valence-corrected chi connectivity index (χ1v) is 6.75. The highest BCUT2D eigenvalue weighted by atomic mass is 16.5. The number of carbonyl (C=O) groups is 1. The zero-order valence-electron chi connectivity index (χ0n) is 11.7. The van der Waals surface area contributed by atoms with Crippen LogP contribution in [0, 0.1) is 6.92 Å². The maximum absolute atomic E-state index is 11.6. The number of hydrogen-bond acceptors (Lipinski definition) is 3. The minimum Gasteiger partial charge on any atom is -0.494 e. The predicted molar refractivity (Wildman–Crippen MR) is 75.2 cm³/mol. The lowest BCUT2D eigenvalue weighted by atomic mass is 10.2. The molecule has 0 radical (unpaired) electrons. The molecule has 0 aliphatic carbocycles. The van der Waals surface area contributed by atoms with E-state index in [-0.39, 0.29) is 18.6 Å². The number of nitrogens with one attached hydrogen (secondary N) is 1. The van der Waals surface area contributed by atoms with Crippen LogP contribution in [0.1, 0.15) is 31.7 Å². The first kappa shape index (κ1) is 15.5. The molecule has 4 heteroatoms. The molecule has 1 aromatic rings. The fraction of sp³-hybridized carbons (Fsp3) is 0.533. The van der Waals surface area contributed by atoms with Crippen molar-refractivity contribution in [3.63, 3.8) is 0 Å². The van der Waals surface area contributed by atoms with Gasteiger partial charge in [0, 0.05) is 6.42 Å². The molecule has 0 saturated carbocycles. The highest BCUT2D eigenvalue weighted by Gasteiger charge is 2.08. The third kappa shape index (κ3) is 6.25. The van der Waals surface area contributed by atoms with E-state index in [9.17, 15) is 4.79 Å². The summed E-state index contributed by atoms with van der Waals surface area (Å²) in [6.45, 7) is 4.46. The molecule has 106 valence electrons. The molecule has 1 aromatic carbocycles. The SMILES string of the molecule is CCC(CO)NC(=O)CCCOc1cccc(C)c1.